The van der Waals surface area contributed by atoms with Gasteiger partial charge in [-0.25, -0.2) is 13.2 Å². The van der Waals surface area contributed by atoms with Crippen molar-refractivity contribution in [1.82, 2.24) is 21.3 Å². The van der Waals surface area contributed by atoms with Gasteiger partial charge in [-0.2, -0.15) is 0 Å². The van der Waals surface area contributed by atoms with Gasteiger partial charge in [0.25, 0.3) is 0 Å². The Balaban J connectivity index is 2.94. The number of hydrogen-bond acceptors (Lipinski definition) is 7. The fourth-order valence-corrected chi connectivity index (χ4v) is 4.65. The Bertz CT molecular complexity index is 1190. The third-order valence-electron chi connectivity index (χ3n) is 6.68. The molecule has 5 atom stereocenters. The highest BCUT2D eigenvalue weighted by Crippen LogP contribution is 2.12. The van der Waals surface area contributed by atoms with E-state index in [9.17, 15) is 27.6 Å². The van der Waals surface area contributed by atoms with Crippen LogP contribution in [0.1, 0.15) is 73.3 Å². The molecule has 0 saturated heterocycles. The predicted octanol–water partition coefficient (Wildman–Crippen LogP) is 3.45. The molecule has 0 spiro atoms. The van der Waals surface area contributed by atoms with E-state index >= 15 is 0 Å². The highest BCUT2D eigenvalue weighted by atomic mass is 32.2. The number of rotatable bonds is 17. The molecule has 0 aliphatic carbocycles. The molecule has 0 aliphatic rings. The number of amides is 4. The molecule has 0 saturated carbocycles. The van der Waals surface area contributed by atoms with Crippen LogP contribution in [0.5, 0.6) is 0 Å². The zero-order chi connectivity index (χ0) is 32.7. The molecule has 4 amide bonds. The van der Waals surface area contributed by atoms with Gasteiger partial charge >= 0.3 is 6.09 Å². The van der Waals surface area contributed by atoms with Crippen LogP contribution in [0.25, 0.3) is 0 Å². The van der Waals surface area contributed by atoms with Crippen LogP contribution in [0.4, 0.5) is 4.79 Å². The normalized spacial score (nSPS) is 15.3. The molecule has 0 heterocycles. The molecular weight excluding hydrogens is 572 g/mol. The van der Waals surface area contributed by atoms with E-state index in [0.717, 1.165) is 17.2 Å². The first-order valence-corrected chi connectivity index (χ1v) is 16.7. The van der Waals surface area contributed by atoms with Crippen molar-refractivity contribution >= 4 is 33.7 Å². The molecule has 1 rings (SSSR count). The largest absolute Gasteiger partial charge is 0.445 e. The van der Waals surface area contributed by atoms with Crippen LogP contribution < -0.4 is 21.3 Å². The number of ether oxygens (including phenoxy) is 1. The SMILES string of the molecule is CCC(C)[C@H](NC(=O)OCc1ccccc1)C(=O)N[C@@H](CC(C)C)C(=O)N[C@@H](C)C(=O)N[C@H](/C=C/S(C)(=O)=O)CC(C)C. The Morgan fingerprint density at radius 2 is 1.42 bits per heavy atom. The van der Waals surface area contributed by atoms with Gasteiger partial charge in [-0.15, -0.1) is 0 Å². The molecule has 0 fully saturated rings. The average molecular weight is 623 g/mol. The second-order valence-electron chi connectivity index (χ2n) is 11.9. The predicted molar refractivity (Wildman–Crippen MR) is 167 cm³/mol. The average Bonchev–Trinajstić information content (AvgIpc) is 2.92. The molecule has 12 heteroatoms. The van der Waals surface area contributed by atoms with Gasteiger partial charge in [0.05, 0.1) is 0 Å². The third-order valence-corrected chi connectivity index (χ3v) is 7.34. The molecule has 1 aromatic rings. The van der Waals surface area contributed by atoms with Crippen LogP contribution in [-0.4, -0.2) is 62.7 Å². The van der Waals surface area contributed by atoms with Gasteiger partial charge in [0.15, 0.2) is 9.84 Å². The Morgan fingerprint density at radius 3 is 1.95 bits per heavy atom. The zero-order valence-corrected chi connectivity index (χ0v) is 27.5. The summed E-state index contributed by atoms with van der Waals surface area (Å²) in [6.45, 7) is 13.0. The number of nitrogens with one attached hydrogen (secondary N) is 4. The maximum Gasteiger partial charge on any atom is 0.408 e. The molecule has 1 aromatic carbocycles. The van der Waals surface area contributed by atoms with Crippen LogP contribution >= 0.6 is 0 Å². The molecular formula is C31H50N4O7S. The Labute approximate surface area is 256 Å². The maximum atomic E-state index is 13.4. The second kappa shape index (κ2) is 18.3. The lowest BCUT2D eigenvalue weighted by atomic mass is 9.97. The van der Waals surface area contributed by atoms with E-state index < -0.39 is 57.8 Å². The van der Waals surface area contributed by atoms with Crippen LogP contribution in [0, 0.1) is 17.8 Å². The van der Waals surface area contributed by atoms with Gasteiger partial charge in [-0.3, -0.25) is 14.4 Å². The van der Waals surface area contributed by atoms with Gasteiger partial charge in [0.2, 0.25) is 17.7 Å². The number of carbonyl (C=O) groups excluding carboxylic acids is 4. The van der Waals surface area contributed by atoms with Crippen molar-refractivity contribution in [2.75, 3.05) is 6.26 Å². The van der Waals surface area contributed by atoms with Gasteiger partial charge < -0.3 is 26.0 Å². The van der Waals surface area contributed by atoms with E-state index in [-0.39, 0.29) is 24.4 Å². The van der Waals surface area contributed by atoms with E-state index in [1.165, 1.54) is 13.0 Å². The monoisotopic (exact) mass is 622 g/mol. The number of alkyl carbamates (subject to hydrolysis) is 1. The topological polar surface area (TPSA) is 160 Å². The zero-order valence-electron chi connectivity index (χ0n) is 26.7. The summed E-state index contributed by atoms with van der Waals surface area (Å²) in [5.41, 5.74) is 0.802. The summed E-state index contributed by atoms with van der Waals surface area (Å²) < 4.78 is 28.5. The van der Waals surface area contributed by atoms with Crippen molar-refractivity contribution < 1.29 is 32.3 Å². The summed E-state index contributed by atoms with van der Waals surface area (Å²) in [6.07, 6.45) is 3.13. The van der Waals surface area contributed by atoms with Crippen molar-refractivity contribution in [3.8, 4) is 0 Å². The summed E-state index contributed by atoms with van der Waals surface area (Å²) >= 11 is 0. The quantitative estimate of drug-likeness (QED) is 0.207. The lowest BCUT2D eigenvalue weighted by Crippen LogP contribution is -2.58. The summed E-state index contributed by atoms with van der Waals surface area (Å²) in [5, 5.41) is 11.9. The summed E-state index contributed by atoms with van der Waals surface area (Å²) in [4.78, 5) is 52.1. The van der Waals surface area contributed by atoms with E-state index in [1.807, 2.05) is 71.9 Å². The van der Waals surface area contributed by atoms with Crippen molar-refractivity contribution in [1.29, 1.82) is 0 Å². The maximum absolute atomic E-state index is 13.4. The minimum atomic E-state index is -3.38. The second-order valence-corrected chi connectivity index (χ2v) is 13.8. The van der Waals surface area contributed by atoms with Crippen LogP contribution in [-0.2, 0) is 35.6 Å². The third kappa shape index (κ3) is 15.6. The Kier molecular flexibility index (Phi) is 16.0. The summed E-state index contributed by atoms with van der Waals surface area (Å²) in [6, 6.07) is 5.73. The minimum Gasteiger partial charge on any atom is -0.445 e. The van der Waals surface area contributed by atoms with Crippen molar-refractivity contribution in [3.63, 3.8) is 0 Å². The van der Waals surface area contributed by atoms with Gasteiger partial charge in [-0.05, 0) is 43.1 Å². The van der Waals surface area contributed by atoms with Crippen molar-refractivity contribution in [3.05, 3.63) is 47.4 Å². The first-order chi connectivity index (χ1) is 20.0. The standard InChI is InChI=1S/C31H50N4O7S/c1-9-22(6)27(35-31(39)42-19-24-13-11-10-12-14-24)30(38)34-26(18-21(4)5)29(37)32-23(7)28(36)33-25(17-20(2)3)15-16-43(8,40)41/h10-16,20-23,25-27H,9,17-19H2,1-8H3,(H,32,37)(H,33,36)(H,34,38)(H,35,39)/b16-15+/t22?,23-,25+,26-,27-/m0/s1. The van der Waals surface area contributed by atoms with E-state index in [4.69, 9.17) is 4.74 Å². The lowest BCUT2D eigenvalue weighted by molar-refractivity contribution is -0.133. The smallest absolute Gasteiger partial charge is 0.408 e. The minimum absolute atomic E-state index is 0.0302. The fraction of sp³-hybridized carbons (Fsp3) is 0.613. The molecule has 0 bridgehead atoms. The number of hydrogen-bond donors (Lipinski definition) is 4. The first kappa shape index (κ1) is 37.6. The fourth-order valence-electron chi connectivity index (χ4n) is 4.18. The van der Waals surface area contributed by atoms with Gasteiger partial charge in [-0.1, -0.05) is 84.4 Å². The van der Waals surface area contributed by atoms with Gasteiger partial charge in [0.1, 0.15) is 24.7 Å². The van der Waals surface area contributed by atoms with Crippen LogP contribution in [0.2, 0.25) is 0 Å². The molecule has 11 nitrogen and oxygen atoms in total. The highest BCUT2D eigenvalue weighted by Gasteiger charge is 2.32. The molecule has 1 unspecified atom stereocenters. The number of benzene rings is 1. The van der Waals surface area contributed by atoms with Crippen molar-refractivity contribution in [2.24, 2.45) is 17.8 Å². The van der Waals surface area contributed by atoms with Crippen molar-refractivity contribution in [2.45, 2.75) is 98.5 Å². The molecule has 4 N–H and O–H groups in total. The number of carbonyl (C=O) groups is 4. The summed E-state index contributed by atoms with van der Waals surface area (Å²) in [7, 11) is -3.38. The summed E-state index contributed by atoms with van der Waals surface area (Å²) in [5.74, 6) is -1.63. The lowest BCUT2D eigenvalue weighted by Gasteiger charge is -2.28. The highest BCUT2D eigenvalue weighted by molar-refractivity contribution is 7.93. The Hall–Kier alpha value is -3.41. The van der Waals surface area contributed by atoms with Crippen LogP contribution in [0.15, 0.2) is 41.8 Å². The Morgan fingerprint density at radius 1 is 0.814 bits per heavy atom. The van der Waals surface area contributed by atoms with E-state index in [2.05, 4.69) is 21.3 Å². The van der Waals surface area contributed by atoms with E-state index in [0.29, 0.717) is 19.3 Å². The van der Waals surface area contributed by atoms with E-state index in [1.54, 1.807) is 0 Å². The first-order valence-electron chi connectivity index (χ1n) is 14.8. The van der Waals surface area contributed by atoms with Crippen LogP contribution in [0.3, 0.4) is 0 Å². The molecule has 0 aliphatic heterocycles. The molecule has 0 radical (unpaired) electrons. The molecule has 242 valence electrons. The number of sulfone groups is 1. The molecule has 43 heavy (non-hydrogen) atoms. The molecule has 0 aromatic heterocycles. The van der Waals surface area contributed by atoms with Gasteiger partial charge in [0, 0.05) is 17.7 Å².